The Labute approximate surface area is 212 Å². The molecule has 1 aliphatic rings. The van der Waals surface area contributed by atoms with E-state index in [1.165, 1.54) is 12.8 Å². The van der Waals surface area contributed by atoms with E-state index in [9.17, 15) is 9.59 Å². The molecule has 3 aromatic rings. The highest BCUT2D eigenvalue weighted by molar-refractivity contribution is 5.92. The largest absolute Gasteiger partial charge is 0.478 e. The van der Waals surface area contributed by atoms with Crippen LogP contribution in [0.1, 0.15) is 35.2 Å². The predicted molar refractivity (Wildman–Crippen MR) is 141 cm³/mol. The molecule has 0 aliphatic carbocycles. The summed E-state index contributed by atoms with van der Waals surface area (Å²) >= 11 is 0. The van der Waals surface area contributed by atoms with Gasteiger partial charge in [0.2, 0.25) is 5.91 Å². The fraction of sp³-hybridized carbons (Fsp3) is 0.310. The summed E-state index contributed by atoms with van der Waals surface area (Å²) in [5.41, 5.74) is 1.95. The molecule has 0 saturated carbocycles. The van der Waals surface area contributed by atoms with Crippen LogP contribution in [0.15, 0.2) is 78.9 Å². The zero-order chi connectivity index (χ0) is 25.3. The molecular formula is C29H33N3O4. The molecule has 188 valence electrons. The number of para-hydroxylation sites is 1. The van der Waals surface area contributed by atoms with Crippen molar-refractivity contribution in [3.63, 3.8) is 0 Å². The van der Waals surface area contributed by atoms with Crippen LogP contribution in [0.2, 0.25) is 0 Å². The first kappa shape index (κ1) is 25.4. The van der Waals surface area contributed by atoms with E-state index in [0.29, 0.717) is 24.0 Å². The van der Waals surface area contributed by atoms with Crippen LogP contribution < -0.4 is 10.1 Å². The van der Waals surface area contributed by atoms with Crippen LogP contribution in [0.25, 0.3) is 0 Å². The van der Waals surface area contributed by atoms with Crippen molar-refractivity contribution in [3.05, 3.63) is 90.0 Å². The van der Waals surface area contributed by atoms with E-state index in [2.05, 4.69) is 22.2 Å². The Kier molecular flexibility index (Phi) is 8.71. The van der Waals surface area contributed by atoms with Crippen LogP contribution in [0.4, 0.5) is 5.69 Å². The minimum absolute atomic E-state index is 0.0892. The number of nitrogens with zero attached hydrogens (tertiary/aromatic N) is 2. The number of likely N-dealkylation sites (tertiary alicyclic amines) is 1. The number of ether oxygens (including phenoxy) is 1. The summed E-state index contributed by atoms with van der Waals surface area (Å²) in [5.74, 6) is 0.427. The molecule has 1 saturated heterocycles. The number of hydrogen-bond donors (Lipinski definition) is 2. The zero-order valence-corrected chi connectivity index (χ0v) is 20.6. The van der Waals surface area contributed by atoms with Gasteiger partial charge in [-0.05, 0) is 86.9 Å². The molecule has 2 N–H and O–H groups in total. The molecule has 1 aliphatic heterocycles. The number of aromatic carboxylic acids is 1. The van der Waals surface area contributed by atoms with Gasteiger partial charge in [-0.2, -0.15) is 0 Å². The summed E-state index contributed by atoms with van der Waals surface area (Å²) in [6, 6.07) is 24.3. The Balaban J connectivity index is 1.36. The maximum Gasteiger partial charge on any atom is 0.335 e. The number of nitrogens with one attached hydrogen (secondary N) is 1. The van der Waals surface area contributed by atoms with Crippen molar-refractivity contribution in [3.8, 4) is 11.5 Å². The van der Waals surface area contributed by atoms with Gasteiger partial charge in [-0.25, -0.2) is 4.79 Å². The number of amides is 1. The fourth-order valence-corrected chi connectivity index (χ4v) is 4.54. The molecule has 0 bridgehead atoms. The van der Waals surface area contributed by atoms with Crippen molar-refractivity contribution in [2.45, 2.75) is 31.8 Å². The van der Waals surface area contributed by atoms with Gasteiger partial charge in [0, 0.05) is 24.8 Å². The summed E-state index contributed by atoms with van der Waals surface area (Å²) < 4.78 is 5.82. The fourth-order valence-electron chi connectivity index (χ4n) is 4.54. The van der Waals surface area contributed by atoms with Gasteiger partial charge in [-0.3, -0.25) is 9.69 Å². The van der Waals surface area contributed by atoms with Crippen molar-refractivity contribution in [2.75, 3.05) is 32.0 Å². The molecule has 0 spiro atoms. The van der Waals surface area contributed by atoms with Crippen molar-refractivity contribution < 1.29 is 19.4 Å². The van der Waals surface area contributed by atoms with E-state index in [4.69, 9.17) is 9.84 Å². The van der Waals surface area contributed by atoms with Gasteiger partial charge in [-0.1, -0.05) is 30.3 Å². The Morgan fingerprint density at radius 3 is 2.33 bits per heavy atom. The average Bonchev–Trinajstić information content (AvgIpc) is 3.29. The number of carboxylic acid groups (broad SMARTS) is 1. The van der Waals surface area contributed by atoms with Crippen LogP contribution in [0.3, 0.4) is 0 Å². The summed E-state index contributed by atoms with van der Waals surface area (Å²) in [4.78, 5) is 28.6. The summed E-state index contributed by atoms with van der Waals surface area (Å²) in [6.45, 7) is 2.73. The first-order chi connectivity index (χ1) is 17.5. The molecule has 1 amide bonds. The minimum atomic E-state index is -0.942. The van der Waals surface area contributed by atoms with E-state index in [-0.39, 0.29) is 18.0 Å². The van der Waals surface area contributed by atoms with E-state index in [1.807, 2.05) is 66.7 Å². The second-order valence-electron chi connectivity index (χ2n) is 9.27. The van der Waals surface area contributed by atoms with Crippen molar-refractivity contribution >= 4 is 17.6 Å². The predicted octanol–water partition coefficient (Wildman–Crippen LogP) is 5.10. The van der Waals surface area contributed by atoms with Crippen LogP contribution in [-0.4, -0.2) is 59.5 Å². The van der Waals surface area contributed by atoms with Gasteiger partial charge >= 0.3 is 5.97 Å². The Bertz CT molecular complexity index is 1130. The lowest BCUT2D eigenvalue weighted by Gasteiger charge is -2.26. The van der Waals surface area contributed by atoms with Crippen LogP contribution in [-0.2, 0) is 11.3 Å². The lowest BCUT2D eigenvalue weighted by molar-refractivity contribution is -0.117. The molecule has 1 atom stereocenters. The van der Waals surface area contributed by atoms with Gasteiger partial charge in [0.15, 0.2) is 0 Å². The lowest BCUT2D eigenvalue weighted by Crippen LogP contribution is -2.36. The maximum absolute atomic E-state index is 12.9. The molecule has 7 nitrogen and oxygen atoms in total. The molecule has 36 heavy (non-hydrogen) atoms. The zero-order valence-electron chi connectivity index (χ0n) is 20.6. The van der Waals surface area contributed by atoms with Gasteiger partial charge in [0.1, 0.15) is 11.5 Å². The molecule has 1 fully saturated rings. The number of carbonyl (C=O) groups is 2. The van der Waals surface area contributed by atoms with Crippen molar-refractivity contribution in [1.29, 1.82) is 0 Å². The SMILES string of the molecule is CN1CCCC1CCN(CC(=O)Nc1ccc(Oc2ccccc2)cc1)Cc1ccc(C(=O)O)cc1. The Hall–Kier alpha value is -3.68. The second kappa shape index (κ2) is 12.3. The minimum Gasteiger partial charge on any atom is -0.478 e. The third kappa shape index (κ3) is 7.41. The quantitative estimate of drug-likeness (QED) is 0.392. The van der Waals surface area contributed by atoms with Gasteiger partial charge in [0.05, 0.1) is 12.1 Å². The molecule has 1 heterocycles. The molecule has 7 heteroatoms. The number of hydrogen-bond acceptors (Lipinski definition) is 5. The van der Waals surface area contributed by atoms with E-state index >= 15 is 0 Å². The van der Waals surface area contributed by atoms with Crippen LogP contribution in [0, 0.1) is 0 Å². The molecule has 4 rings (SSSR count). The number of rotatable bonds is 11. The maximum atomic E-state index is 12.9. The monoisotopic (exact) mass is 487 g/mol. The highest BCUT2D eigenvalue weighted by Gasteiger charge is 2.22. The summed E-state index contributed by atoms with van der Waals surface area (Å²) in [7, 11) is 2.16. The summed E-state index contributed by atoms with van der Waals surface area (Å²) in [6.07, 6.45) is 3.38. The first-order valence-corrected chi connectivity index (χ1v) is 12.3. The second-order valence-corrected chi connectivity index (χ2v) is 9.27. The van der Waals surface area contributed by atoms with Crippen molar-refractivity contribution in [1.82, 2.24) is 9.80 Å². The van der Waals surface area contributed by atoms with Gasteiger partial charge in [0.25, 0.3) is 0 Å². The Morgan fingerprint density at radius 1 is 1.00 bits per heavy atom. The highest BCUT2D eigenvalue weighted by atomic mass is 16.5. The third-order valence-electron chi connectivity index (χ3n) is 6.54. The standard InChI is InChI=1S/C29H33N3O4/c1-31-18-5-6-25(31)17-19-32(20-22-9-11-23(12-10-22)29(34)35)21-28(33)30-24-13-15-27(16-14-24)36-26-7-3-2-4-8-26/h2-4,7-16,25H,5-6,17-21H2,1H3,(H,30,33)(H,34,35). The number of benzene rings is 3. The highest BCUT2D eigenvalue weighted by Crippen LogP contribution is 2.23. The number of carboxylic acids is 1. The average molecular weight is 488 g/mol. The first-order valence-electron chi connectivity index (χ1n) is 12.3. The third-order valence-corrected chi connectivity index (χ3v) is 6.54. The van der Waals surface area contributed by atoms with Crippen LogP contribution >= 0.6 is 0 Å². The Morgan fingerprint density at radius 2 is 1.69 bits per heavy atom. The normalized spacial score (nSPS) is 15.7. The van der Waals surface area contributed by atoms with E-state index < -0.39 is 5.97 Å². The van der Waals surface area contributed by atoms with E-state index in [1.54, 1.807) is 12.1 Å². The molecule has 1 unspecified atom stereocenters. The molecule has 3 aromatic carbocycles. The van der Waals surface area contributed by atoms with E-state index in [0.717, 1.165) is 30.8 Å². The summed E-state index contributed by atoms with van der Waals surface area (Å²) in [5, 5.41) is 12.1. The number of carbonyl (C=O) groups excluding carboxylic acids is 1. The van der Waals surface area contributed by atoms with Crippen LogP contribution in [0.5, 0.6) is 11.5 Å². The molecule has 0 aromatic heterocycles. The lowest BCUT2D eigenvalue weighted by atomic mass is 10.1. The smallest absolute Gasteiger partial charge is 0.335 e. The topological polar surface area (TPSA) is 82.1 Å². The number of anilines is 1. The van der Waals surface area contributed by atoms with Gasteiger partial charge in [-0.15, -0.1) is 0 Å². The van der Waals surface area contributed by atoms with Crippen molar-refractivity contribution in [2.24, 2.45) is 0 Å². The van der Waals surface area contributed by atoms with Gasteiger partial charge < -0.3 is 20.1 Å². The molecule has 0 radical (unpaired) electrons. The molecular weight excluding hydrogens is 454 g/mol.